The molecule has 0 fully saturated rings. The second kappa shape index (κ2) is 3.48. The van der Waals surface area contributed by atoms with Gasteiger partial charge in [-0.25, -0.2) is 4.79 Å². The minimum absolute atomic E-state index is 0.264. The molecule has 0 saturated heterocycles. The summed E-state index contributed by atoms with van der Waals surface area (Å²) in [6.45, 7) is 9.37. The van der Waals surface area contributed by atoms with Gasteiger partial charge in [-0.1, -0.05) is 0 Å². The molecule has 0 aliphatic carbocycles. The van der Waals surface area contributed by atoms with Crippen molar-refractivity contribution in [2.45, 2.75) is 40.2 Å². The Morgan fingerprint density at radius 1 is 1.36 bits per heavy atom. The second-order valence-electron chi connectivity index (χ2n) is 4.49. The number of hydrogen-bond donors (Lipinski definition) is 1. The third-order valence-corrected chi connectivity index (χ3v) is 1.77. The number of nitrogens with one attached hydrogen (secondary N) is 1. The standard InChI is InChI=1S/C11H17NO2/c1-7-6-9(8(2)12-7)10(13)14-11(3,4)5/h6,12H,1-5H3. The van der Waals surface area contributed by atoms with Gasteiger partial charge in [-0.2, -0.15) is 0 Å². The molecule has 1 aromatic rings. The highest BCUT2D eigenvalue weighted by Gasteiger charge is 2.20. The van der Waals surface area contributed by atoms with Gasteiger partial charge in [-0.3, -0.25) is 0 Å². The predicted molar refractivity (Wildman–Crippen MR) is 55.4 cm³/mol. The molecule has 1 rings (SSSR count). The van der Waals surface area contributed by atoms with E-state index in [9.17, 15) is 4.79 Å². The van der Waals surface area contributed by atoms with Crippen LogP contribution in [0.3, 0.4) is 0 Å². The Bertz CT molecular complexity index is 345. The Labute approximate surface area is 84.5 Å². The molecule has 3 heteroatoms. The van der Waals surface area contributed by atoms with Crippen molar-refractivity contribution in [3.63, 3.8) is 0 Å². The van der Waals surface area contributed by atoms with Crippen molar-refractivity contribution in [1.29, 1.82) is 0 Å². The first-order chi connectivity index (χ1) is 6.29. The third kappa shape index (κ3) is 2.62. The number of aromatic nitrogens is 1. The smallest absolute Gasteiger partial charge is 0.340 e. The number of H-pyrrole nitrogens is 1. The molecule has 1 N–H and O–H groups in total. The van der Waals surface area contributed by atoms with Crippen LogP contribution in [0.4, 0.5) is 0 Å². The molecule has 3 nitrogen and oxygen atoms in total. The van der Waals surface area contributed by atoms with Crippen LogP contribution < -0.4 is 0 Å². The third-order valence-electron chi connectivity index (χ3n) is 1.77. The Morgan fingerprint density at radius 3 is 2.29 bits per heavy atom. The first-order valence-corrected chi connectivity index (χ1v) is 4.69. The average molecular weight is 195 g/mol. The summed E-state index contributed by atoms with van der Waals surface area (Å²) in [5.74, 6) is -0.264. The molecule has 0 radical (unpaired) electrons. The molecule has 1 aromatic heterocycles. The van der Waals surface area contributed by atoms with Crippen molar-refractivity contribution in [3.8, 4) is 0 Å². The molecule has 0 unspecified atom stereocenters. The number of esters is 1. The number of rotatable bonds is 1. The summed E-state index contributed by atoms with van der Waals surface area (Å²) >= 11 is 0. The van der Waals surface area contributed by atoms with Crippen LogP contribution in [0.5, 0.6) is 0 Å². The van der Waals surface area contributed by atoms with E-state index in [4.69, 9.17) is 4.74 Å². The van der Waals surface area contributed by atoms with Crippen LogP contribution in [0.25, 0.3) is 0 Å². The fourth-order valence-corrected chi connectivity index (χ4v) is 1.27. The molecule has 78 valence electrons. The van der Waals surface area contributed by atoms with E-state index in [2.05, 4.69) is 4.98 Å². The van der Waals surface area contributed by atoms with Crippen LogP contribution in [-0.4, -0.2) is 16.6 Å². The van der Waals surface area contributed by atoms with E-state index < -0.39 is 5.60 Å². The van der Waals surface area contributed by atoms with E-state index in [1.54, 1.807) is 0 Å². The molecule has 0 amide bonds. The summed E-state index contributed by atoms with van der Waals surface area (Å²) < 4.78 is 5.26. The number of hydrogen-bond acceptors (Lipinski definition) is 2. The first kappa shape index (κ1) is 10.8. The van der Waals surface area contributed by atoms with E-state index in [1.165, 1.54) is 0 Å². The SMILES string of the molecule is Cc1cc(C(=O)OC(C)(C)C)c(C)[nH]1. The highest BCUT2D eigenvalue weighted by atomic mass is 16.6. The largest absolute Gasteiger partial charge is 0.456 e. The average Bonchev–Trinajstić information content (AvgIpc) is 2.26. The van der Waals surface area contributed by atoms with Gasteiger partial charge in [0.2, 0.25) is 0 Å². The van der Waals surface area contributed by atoms with E-state index in [0.717, 1.165) is 11.4 Å². The zero-order valence-electron chi connectivity index (χ0n) is 9.39. The monoisotopic (exact) mass is 195 g/mol. The highest BCUT2D eigenvalue weighted by molar-refractivity contribution is 5.91. The molecular weight excluding hydrogens is 178 g/mol. The Kier molecular flexibility index (Phi) is 2.69. The lowest BCUT2D eigenvalue weighted by molar-refractivity contribution is 0.00690. The Hall–Kier alpha value is -1.25. The summed E-state index contributed by atoms with van der Waals surface area (Å²) in [6.07, 6.45) is 0. The maximum absolute atomic E-state index is 11.7. The van der Waals surface area contributed by atoms with Gasteiger partial charge < -0.3 is 9.72 Å². The molecular formula is C11H17NO2. The second-order valence-corrected chi connectivity index (χ2v) is 4.49. The first-order valence-electron chi connectivity index (χ1n) is 4.69. The van der Waals surface area contributed by atoms with Crippen molar-refractivity contribution in [2.75, 3.05) is 0 Å². The van der Waals surface area contributed by atoms with E-state index in [-0.39, 0.29) is 5.97 Å². The van der Waals surface area contributed by atoms with Gasteiger partial charge in [-0.05, 0) is 40.7 Å². The predicted octanol–water partition coefficient (Wildman–Crippen LogP) is 2.59. The quantitative estimate of drug-likeness (QED) is 0.700. The molecule has 0 bridgehead atoms. The van der Waals surface area contributed by atoms with Gasteiger partial charge in [0.25, 0.3) is 0 Å². The zero-order chi connectivity index (χ0) is 10.9. The van der Waals surface area contributed by atoms with Crippen molar-refractivity contribution in [2.24, 2.45) is 0 Å². The lowest BCUT2D eigenvalue weighted by Gasteiger charge is -2.19. The molecule has 0 aliphatic rings. The topological polar surface area (TPSA) is 42.1 Å². The van der Waals surface area contributed by atoms with Crippen molar-refractivity contribution in [1.82, 2.24) is 4.98 Å². The maximum atomic E-state index is 11.7. The van der Waals surface area contributed by atoms with Gasteiger partial charge in [0.1, 0.15) is 5.60 Å². The van der Waals surface area contributed by atoms with E-state index in [1.807, 2.05) is 40.7 Å². The summed E-state index contributed by atoms with van der Waals surface area (Å²) in [5.41, 5.74) is 2.02. The van der Waals surface area contributed by atoms with Crippen molar-refractivity contribution < 1.29 is 9.53 Å². The van der Waals surface area contributed by atoms with Crippen LogP contribution in [0.1, 0.15) is 42.5 Å². The molecule has 0 aromatic carbocycles. The lowest BCUT2D eigenvalue weighted by Crippen LogP contribution is -2.24. The minimum Gasteiger partial charge on any atom is -0.456 e. The van der Waals surface area contributed by atoms with Crippen LogP contribution in [-0.2, 0) is 4.74 Å². The maximum Gasteiger partial charge on any atom is 0.340 e. The number of carbonyl (C=O) groups excluding carboxylic acids is 1. The van der Waals surface area contributed by atoms with Gasteiger partial charge in [-0.15, -0.1) is 0 Å². The number of aryl methyl sites for hydroxylation is 2. The lowest BCUT2D eigenvalue weighted by atomic mass is 10.2. The fraction of sp³-hybridized carbons (Fsp3) is 0.545. The van der Waals surface area contributed by atoms with Crippen molar-refractivity contribution in [3.05, 3.63) is 23.0 Å². The van der Waals surface area contributed by atoms with Crippen LogP contribution in [0.15, 0.2) is 6.07 Å². The van der Waals surface area contributed by atoms with Crippen molar-refractivity contribution >= 4 is 5.97 Å². The zero-order valence-corrected chi connectivity index (χ0v) is 9.39. The fourth-order valence-electron chi connectivity index (χ4n) is 1.27. The number of ether oxygens (including phenoxy) is 1. The summed E-state index contributed by atoms with van der Waals surface area (Å²) in [7, 11) is 0. The normalized spacial score (nSPS) is 11.5. The highest BCUT2D eigenvalue weighted by Crippen LogP contribution is 2.15. The molecule has 14 heavy (non-hydrogen) atoms. The summed E-state index contributed by atoms with van der Waals surface area (Å²) in [5, 5.41) is 0. The molecule has 0 spiro atoms. The van der Waals surface area contributed by atoms with Gasteiger partial charge in [0.15, 0.2) is 0 Å². The molecule has 0 atom stereocenters. The Morgan fingerprint density at radius 2 is 1.93 bits per heavy atom. The van der Waals surface area contributed by atoms with E-state index in [0.29, 0.717) is 5.56 Å². The molecule has 1 heterocycles. The molecule has 0 saturated carbocycles. The minimum atomic E-state index is -0.436. The van der Waals surface area contributed by atoms with Crippen LogP contribution >= 0.6 is 0 Å². The van der Waals surface area contributed by atoms with Crippen LogP contribution in [0, 0.1) is 13.8 Å². The number of carbonyl (C=O) groups is 1. The van der Waals surface area contributed by atoms with Gasteiger partial charge in [0, 0.05) is 11.4 Å². The molecule has 0 aliphatic heterocycles. The summed E-state index contributed by atoms with van der Waals surface area (Å²) in [6, 6.07) is 1.81. The Balaban J connectivity index is 2.85. The summed E-state index contributed by atoms with van der Waals surface area (Å²) in [4.78, 5) is 14.7. The van der Waals surface area contributed by atoms with E-state index >= 15 is 0 Å². The van der Waals surface area contributed by atoms with Gasteiger partial charge >= 0.3 is 5.97 Å². The van der Waals surface area contributed by atoms with Gasteiger partial charge in [0.05, 0.1) is 5.56 Å². The van der Waals surface area contributed by atoms with Crippen LogP contribution in [0.2, 0.25) is 0 Å². The number of aromatic amines is 1.